The molecule has 1 heterocycles. The van der Waals surface area contributed by atoms with E-state index in [0.29, 0.717) is 6.61 Å². The molecule has 1 saturated heterocycles. The van der Waals surface area contributed by atoms with Gasteiger partial charge in [0.05, 0.1) is 12.7 Å². The Labute approximate surface area is 127 Å². The van der Waals surface area contributed by atoms with Crippen molar-refractivity contribution >= 4 is 5.97 Å². The van der Waals surface area contributed by atoms with Gasteiger partial charge in [-0.15, -0.1) is 0 Å². The quantitative estimate of drug-likeness (QED) is 0.403. The Balaban J connectivity index is 2.16. The monoisotopic (exact) mass is 296 g/mol. The van der Waals surface area contributed by atoms with Crippen LogP contribution in [0.25, 0.3) is 0 Å². The number of ether oxygens (including phenoxy) is 2. The largest absolute Gasteiger partial charge is 0.462 e. The van der Waals surface area contributed by atoms with Gasteiger partial charge in [0.1, 0.15) is 12.2 Å². The third-order valence-corrected chi connectivity index (χ3v) is 3.90. The molecule has 0 unspecified atom stereocenters. The van der Waals surface area contributed by atoms with Crippen LogP contribution in [0.1, 0.15) is 53.4 Å². The molecule has 1 N–H and O–H groups in total. The molecule has 0 aromatic rings. The summed E-state index contributed by atoms with van der Waals surface area (Å²) in [4.78, 5) is 10.6. The number of allylic oxidation sites excluding steroid dienone is 3. The molecule has 21 heavy (non-hydrogen) atoms. The van der Waals surface area contributed by atoms with Crippen LogP contribution in [0.4, 0.5) is 0 Å². The van der Waals surface area contributed by atoms with E-state index in [1.54, 1.807) is 0 Å². The zero-order valence-electron chi connectivity index (χ0n) is 13.6. The second-order valence-corrected chi connectivity index (χ2v) is 6.06. The number of hydrogen-bond acceptors (Lipinski definition) is 4. The molecule has 0 aromatic carbocycles. The Hall–Kier alpha value is -1.13. The van der Waals surface area contributed by atoms with Crippen LogP contribution in [0.2, 0.25) is 0 Å². The van der Waals surface area contributed by atoms with E-state index < -0.39 is 0 Å². The fourth-order valence-corrected chi connectivity index (χ4v) is 2.20. The van der Waals surface area contributed by atoms with Crippen LogP contribution in [0.5, 0.6) is 0 Å². The van der Waals surface area contributed by atoms with Gasteiger partial charge in [0.25, 0.3) is 0 Å². The van der Waals surface area contributed by atoms with E-state index in [4.69, 9.17) is 14.6 Å². The van der Waals surface area contributed by atoms with Gasteiger partial charge in [-0.3, -0.25) is 4.79 Å². The van der Waals surface area contributed by atoms with Gasteiger partial charge in [0.2, 0.25) is 0 Å². The van der Waals surface area contributed by atoms with E-state index in [2.05, 4.69) is 19.9 Å². The summed E-state index contributed by atoms with van der Waals surface area (Å²) in [6.45, 7) is 8.03. The van der Waals surface area contributed by atoms with Gasteiger partial charge < -0.3 is 14.6 Å². The smallest absolute Gasteiger partial charge is 0.302 e. The molecule has 120 valence electrons. The number of aliphatic hydroxyl groups excluding tert-OH is 1. The first kappa shape index (κ1) is 17.9. The summed E-state index contributed by atoms with van der Waals surface area (Å²) in [5.41, 5.74) is 2.30. The van der Waals surface area contributed by atoms with Gasteiger partial charge in [0.15, 0.2) is 0 Å². The zero-order valence-corrected chi connectivity index (χ0v) is 13.6. The molecule has 1 aliphatic rings. The fourth-order valence-electron chi connectivity index (χ4n) is 2.20. The lowest BCUT2D eigenvalue weighted by Crippen LogP contribution is -2.14. The highest BCUT2D eigenvalue weighted by Crippen LogP contribution is 2.39. The average molecular weight is 296 g/mol. The molecular formula is C17H28O4. The lowest BCUT2D eigenvalue weighted by Gasteiger charge is -2.03. The molecular weight excluding hydrogens is 268 g/mol. The van der Waals surface area contributed by atoms with Gasteiger partial charge in [-0.1, -0.05) is 17.2 Å². The summed E-state index contributed by atoms with van der Waals surface area (Å²) < 4.78 is 10.4. The average Bonchev–Trinajstić information content (AvgIpc) is 3.08. The zero-order chi connectivity index (χ0) is 15.9. The number of esters is 1. The van der Waals surface area contributed by atoms with Crippen LogP contribution in [0.3, 0.4) is 0 Å². The Kier molecular flexibility index (Phi) is 7.12. The van der Waals surface area contributed by atoms with E-state index >= 15 is 0 Å². The summed E-state index contributed by atoms with van der Waals surface area (Å²) in [6, 6.07) is 0. The van der Waals surface area contributed by atoms with Gasteiger partial charge >= 0.3 is 5.97 Å². The number of carbonyl (C=O) groups is 1. The molecule has 0 aromatic heterocycles. The van der Waals surface area contributed by atoms with Crippen LogP contribution in [-0.2, 0) is 14.3 Å². The highest BCUT2D eigenvalue weighted by molar-refractivity contribution is 5.66. The highest BCUT2D eigenvalue weighted by atomic mass is 16.6. The van der Waals surface area contributed by atoms with Crippen LogP contribution in [-0.4, -0.2) is 36.0 Å². The van der Waals surface area contributed by atoms with Crippen LogP contribution >= 0.6 is 0 Å². The summed E-state index contributed by atoms with van der Waals surface area (Å²) in [5, 5.41) is 9.13. The third kappa shape index (κ3) is 6.91. The van der Waals surface area contributed by atoms with E-state index in [-0.39, 0.29) is 24.3 Å². The minimum Gasteiger partial charge on any atom is -0.462 e. The van der Waals surface area contributed by atoms with Crippen molar-refractivity contribution < 1.29 is 19.4 Å². The van der Waals surface area contributed by atoms with Crippen molar-refractivity contribution in [1.29, 1.82) is 0 Å². The molecule has 0 saturated carbocycles. The number of carbonyl (C=O) groups excluding carboxylic acids is 1. The molecule has 1 fully saturated rings. The maximum atomic E-state index is 10.6. The fraction of sp³-hybridized carbons (Fsp3) is 0.706. The predicted molar refractivity (Wildman–Crippen MR) is 83.0 cm³/mol. The Morgan fingerprint density at radius 3 is 2.48 bits per heavy atom. The van der Waals surface area contributed by atoms with Crippen molar-refractivity contribution in [2.24, 2.45) is 0 Å². The van der Waals surface area contributed by atoms with Gasteiger partial charge in [-0.05, 0) is 52.5 Å². The first-order valence-electron chi connectivity index (χ1n) is 7.60. The molecule has 0 radical (unpaired) electrons. The Morgan fingerprint density at radius 1 is 1.24 bits per heavy atom. The van der Waals surface area contributed by atoms with E-state index in [1.807, 2.05) is 13.0 Å². The van der Waals surface area contributed by atoms with Crippen molar-refractivity contribution in [2.45, 2.75) is 65.1 Å². The van der Waals surface area contributed by atoms with E-state index in [1.165, 1.54) is 18.1 Å². The Morgan fingerprint density at radius 2 is 1.90 bits per heavy atom. The van der Waals surface area contributed by atoms with Gasteiger partial charge in [-0.25, -0.2) is 0 Å². The number of rotatable bonds is 9. The topological polar surface area (TPSA) is 59.1 Å². The first-order valence-corrected chi connectivity index (χ1v) is 7.60. The van der Waals surface area contributed by atoms with Crippen LogP contribution in [0.15, 0.2) is 23.3 Å². The minimum absolute atomic E-state index is 0.104. The minimum atomic E-state index is -0.295. The molecule has 4 heteroatoms. The predicted octanol–water partition coefficient (Wildman–Crippen LogP) is 3.15. The number of hydrogen-bond donors (Lipinski definition) is 1. The lowest BCUT2D eigenvalue weighted by molar-refractivity contribution is -0.139. The first-order chi connectivity index (χ1) is 9.87. The summed E-state index contributed by atoms with van der Waals surface area (Å²) in [6.07, 6.45) is 8.37. The summed E-state index contributed by atoms with van der Waals surface area (Å²) in [7, 11) is 0. The second kappa shape index (κ2) is 8.35. The van der Waals surface area contributed by atoms with E-state index in [9.17, 15) is 4.79 Å². The third-order valence-electron chi connectivity index (χ3n) is 3.90. The van der Waals surface area contributed by atoms with Crippen LogP contribution in [0, 0.1) is 0 Å². The van der Waals surface area contributed by atoms with Crippen molar-refractivity contribution in [2.75, 3.05) is 13.2 Å². The van der Waals surface area contributed by atoms with Crippen LogP contribution < -0.4 is 0 Å². The van der Waals surface area contributed by atoms with Crippen molar-refractivity contribution in [3.05, 3.63) is 23.3 Å². The molecule has 0 amide bonds. The second-order valence-electron chi connectivity index (χ2n) is 6.06. The standard InChI is InChI=1S/C17H28O4/c1-13(8-9-16-17(4,12-18)21-16)6-5-7-14(2)10-11-20-15(3)19/h6,10,16,18H,5,7-9,11-12H2,1-4H3/b13-6+,14-10+/t16-,17-/m0/s1. The molecule has 1 aliphatic heterocycles. The normalized spacial score (nSPS) is 25.9. The Bertz CT molecular complexity index is 411. The molecule has 2 atom stereocenters. The number of epoxide rings is 1. The maximum absolute atomic E-state index is 10.6. The molecule has 0 aliphatic carbocycles. The lowest BCUT2D eigenvalue weighted by atomic mass is 10.0. The molecule has 1 rings (SSSR count). The molecule has 0 bridgehead atoms. The summed E-state index contributed by atoms with van der Waals surface area (Å²) in [5.74, 6) is -0.244. The van der Waals surface area contributed by atoms with Gasteiger partial charge in [0, 0.05) is 6.92 Å². The van der Waals surface area contributed by atoms with Crippen molar-refractivity contribution in [1.82, 2.24) is 0 Å². The van der Waals surface area contributed by atoms with Gasteiger partial charge in [-0.2, -0.15) is 0 Å². The maximum Gasteiger partial charge on any atom is 0.302 e. The molecule has 4 nitrogen and oxygen atoms in total. The van der Waals surface area contributed by atoms with Crippen molar-refractivity contribution in [3.63, 3.8) is 0 Å². The summed E-state index contributed by atoms with van der Waals surface area (Å²) >= 11 is 0. The van der Waals surface area contributed by atoms with E-state index in [0.717, 1.165) is 25.7 Å². The SMILES string of the molecule is CC(=O)OC/C=C(\C)CC/C=C(\C)CC[C@@H]1O[C@@]1(C)CO. The van der Waals surface area contributed by atoms with Crippen molar-refractivity contribution in [3.8, 4) is 0 Å². The highest BCUT2D eigenvalue weighted by Gasteiger charge is 2.50. The molecule has 0 spiro atoms. The number of aliphatic hydroxyl groups is 1.